The van der Waals surface area contributed by atoms with Gasteiger partial charge in [-0.3, -0.25) is 0 Å². The lowest BCUT2D eigenvalue weighted by Gasteiger charge is -1.96. The quantitative estimate of drug-likeness (QED) is 0.381. The molecule has 0 atom stereocenters. The minimum Gasteiger partial charge on any atom is -0.179 e. The third kappa shape index (κ3) is 6.96. The monoisotopic (exact) mass is 199 g/mol. The molecule has 0 spiro atoms. The molecule has 0 aliphatic carbocycles. The summed E-state index contributed by atoms with van der Waals surface area (Å²) in [7, 11) is 3.12. The van der Waals surface area contributed by atoms with Gasteiger partial charge >= 0.3 is 11.7 Å². The molecule has 0 N–H and O–H groups in total. The van der Waals surface area contributed by atoms with Crippen LogP contribution in [-0.4, -0.2) is 26.6 Å². The molecule has 5 heteroatoms. The van der Waals surface area contributed by atoms with Gasteiger partial charge in [0, 0.05) is 0 Å². The van der Waals surface area contributed by atoms with Crippen LogP contribution in [0.15, 0.2) is 0 Å². The van der Waals surface area contributed by atoms with Gasteiger partial charge in [0.05, 0.1) is 14.2 Å². The van der Waals surface area contributed by atoms with E-state index >= 15 is 0 Å². The van der Waals surface area contributed by atoms with Crippen molar-refractivity contribution in [3.63, 3.8) is 0 Å². The van der Waals surface area contributed by atoms with Crippen molar-refractivity contribution in [2.75, 3.05) is 26.6 Å². The van der Waals surface area contributed by atoms with E-state index in [1.165, 1.54) is 0 Å². The van der Waals surface area contributed by atoms with E-state index in [0.717, 1.165) is 18.6 Å². The lowest BCUT2D eigenvalue weighted by atomic mass is 10.4. The van der Waals surface area contributed by atoms with Gasteiger partial charge in [0.1, 0.15) is 6.61 Å². The maximum atomic E-state index is 5.19. The van der Waals surface area contributed by atoms with Crippen molar-refractivity contribution < 1.29 is 12.5 Å². The van der Waals surface area contributed by atoms with E-state index < -0.39 is 11.7 Å². The molecule has 0 rings (SSSR count). The summed E-state index contributed by atoms with van der Waals surface area (Å²) in [5.74, 6) is 0.900. The van der Waals surface area contributed by atoms with Crippen LogP contribution in [0.3, 0.4) is 0 Å². The van der Waals surface area contributed by atoms with Crippen molar-refractivity contribution in [3.05, 3.63) is 0 Å². The maximum absolute atomic E-state index is 5.19. The Morgan fingerprint density at radius 3 is 2.27 bits per heavy atom. The van der Waals surface area contributed by atoms with Crippen LogP contribution in [0.1, 0.15) is 12.8 Å². The van der Waals surface area contributed by atoms with Gasteiger partial charge in [0.25, 0.3) is 0 Å². The molecule has 0 amide bonds. The van der Waals surface area contributed by atoms with Crippen LogP contribution < -0.4 is 0 Å². The second-order valence-electron chi connectivity index (χ2n) is 1.79. The number of rotatable bonds is 7. The molecule has 0 aromatic heterocycles. The fourth-order valence-corrected chi connectivity index (χ4v) is 1.31. The summed E-state index contributed by atoms with van der Waals surface area (Å²) < 4.78 is 14.9. The minimum atomic E-state index is -0.767. The standard InChI is InChI=1S/C6H14O3S2/c1-7-11(8-2)9-5-3-4-6-10/h3-6H2,1-2H3/p+1. The van der Waals surface area contributed by atoms with E-state index in [2.05, 4.69) is 12.6 Å². The Kier molecular flexibility index (Phi) is 9.13. The Hall–Kier alpha value is 0.580. The third-order valence-electron chi connectivity index (χ3n) is 1.00. The molecule has 0 aromatic carbocycles. The predicted molar refractivity (Wildman–Crippen MR) is 50.4 cm³/mol. The minimum absolute atomic E-state index is 0.672. The summed E-state index contributed by atoms with van der Waals surface area (Å²) in [4.78, 5) is 0. The number of unbranched alkanes of at least 4 members (excludes halogenated alkanes) is 1. The topological polar surface area (TPSA) is 27.7 Å². The molecule has 3 nitrogen and oxygen atoms in total. The molecule has 0 heterocycles. The van der Waals surface area contributed by atoms with Gasteiger partial charge in [-0.1, -0.05) is 0 Å². The highest BCUT2D eigenvalue weighted by Crippen LogP contribution is 2.02. The zero-order chi connectivity index (χ0) is 8.53. The molecular formula is C6H15O3S2+. The average molecular weight is 199 g/mol. The summed E-state index contributed by atoms with van der Waals surface area (Å²) in [5.41, 5.74) is 0. The van der Waals surface area contributed by atoms with Gasteiger partial charge in [0.15, 0.2) is 0 Å². The molecule has 0 fully saturated rings. The summed E-state index contributed by atoms with van der Waals surface area (Å²) in [6, 6.07) is 0. The van der Waals surface area contributed by atoms with E-state index in [0.29, 0.717) is 6.61 Å². The predicted octanol–water partition coefficient (Wildman–Crippen LogP) is 1.37. The molecule has 0 radical (unpaired) electrons. The van der Waals surface area contributed by atoms with Gasteiger partial charge in [-0.05, 0) is 18.6 Å². The van der Waals surface area contributed by atoms with Crippen molar-refractivity contribution in [3.8, 4) is 0 Å². The first kappa shape index (κ1) is 11.6. The van der Waals surface area contributed by atoms with Crippen LogP contribution in [0, 0.1) is 0 Å². The Morgan fingerprint density at radius 1 is 1.18 bits per heavy atom. The molecule has 0 bridgehead atoms. The Morgan fingerprint density at radius 2 is 1.82 bits per heavy atom. The third-order valence-corrected chi connectivity index (χ3v) is 2.22. The van der Waals surface area contributed by atoms with Crippen molar-refractivity contribution in [1.29, 1.82) is 0 Å². The summed E-state index contributed by atoms with van der Waals surface area (Å²) in [5, 5.41) is 0. The molecule has 0 aliphatic rings. The Labute approximate surface area is 76.8 Å². The van der Waals surface area contributed by atoms with Crippen LogP contribution in [0.4, 0.5) is 0 Å². The summed E-state index contributed by atoms with van der Waals surface area (Å²) in [6.07, 6.45) is 2.06. The molecule has 11 heavy (non-hydrogen) atoms. The zero-order valence-corrected chi connectivity index (χ0v) is 8.62. The first-order valence-corrected chi connectivity index (χ1v) is 5.05. The van der Waals surface area contributed by atoms with Gasteiger partial charge in [0.2, 0.25) is 0 Å². The summed E-state index contributed by atoms with van der Waals surface area (Å²) in [6.45, 7) is 0.672. The van der Waals surface area contributed by atoms with Crippen LogP contribution in [0.2, 0.25) is 0 Å². The zero-order valence-electron chi connectivity index (χ0n) is 6.91. The van der Waals surface area contributed by atoms with Crippen molar-refractivity contribution in [2.45, 2.75) is 12.8 Å². The Balaban J connectivity index is 3.07. The number of hydrogen-bond donors (Lipinski definition) is 1. The van der Waals surface area contributed by atoms with Crippen molar-refractivity contribution >= 4 is 24.4 Å². The Bertz CT molecular complexity index is 78.2. The highest BCUT2D eigenvalue weighted by Gasteiger charge is 2.21. The van der Waals surface area contributed by atoms with E-state index in [1.54, 1.807) is 14.2 Å². The van der Waals surface area contributed by atoms with Crippen molar-refractivity contribution in [2.24, 2.45) is 0 Å². The lowest BCUT2D eigenvalue weighted by molar-refractivity contribution is 0.224. The van der Waals surface area contributed by atoms with E-state index in [1.807, 2.05) is 0 Å². The highest BCUT2D eigenvalue weighted by atomic mass is 32.3. The van der Waals surface area contributed by atoms with Crippen LogP contribution in [-0.2, 0) is 24.3 Å². The molecule has 68 valence electrons. The smallest absolute Gasteiger partial charge is 0.179 e. The summed E-state index contributed by atoms with van der Waals surface area (Å²) >= 11 is 3.31. The normalized spacial score (nSPS) is 10.9. The fraction of sp³-hybridized carbons (Fsp3) is 1.00. The molecule has 0 saturated heterocycles. The van der Waals surface area contributed by atoms with E-state index in [4.69, 9.17) is 12.5 Å². The lowest BCUT2D eigenvalue weighted by Crippen LogP contribution is -2.11. The fourth-order valence-electron chi connectivity index (χ4n) is 0.505. The van der Waals surface area contributed by atoms with Gasteiger partial charge in [-0.2, -0.15) is 12.6 Å². The SMILES string of the molecule is CO[S+](OC)OCCCCS. The second kappa shape index (κ2) is 8.67. The first-order valence-electron chi connectivity index (χ1n) is 3.42. The second-order valence-corrected chi connectivity index (χ2v) is 3.55. The van der Waals surface area contributed by atoms with Crippen LogP contribution in [0.25, 0.3) is 0 Å². The largest absolute Gasteiger partial charge is 0.507 e. The molecule has 0 unspecified atom stereocenters. The number of thiol groups is 1. The van der Waals surface area contributed by atoms with Gasteiger partial charge < -0.3 is 0 Å². The van der Waals surface area contributed by atoms with E-state index in [9.17, 15) is 0 Å². The molecule has 0 aromatic rings. The van der Waals surface area contributed by atoms with E-state index in [-0.39, 0.29) is 0 Å². The molecule has 0 aliphatic heterocycles. The first-order chi connectivity index (χ1) is 5.35. The van der Waals surface area contributed by atoms with Crippen LogP contribution >= 0.6 is 12.6 Å². The van der Waals surface area contributed by atoms with Gasteiger partial charge in [-0.15, -0.1) is 12.5 Å². The van der Waals surface area contributed by atoms with Crippen LogP contribution in [0.5, 0.6) is 0 Å². The average Bonchev–Trinajstić information content (AvgIpc) is 2.05. The number of hydrogen-bond acceptors (Lipinski definition) is 4. The molecular weight excluding hydrogens is 184 g/mol. The maximum Gasteiger partial charge on any atom is 0.507 e. The highest BCUT2D eigenvalue weighted by molar-refractivity contribution is 7.82. The van der Waals surface area contributed by atoms with Crippen molar-refractivity contribution in [1.82, 2.24) is 0 Å². The van der Waals surface area contributed by atoms with Gasteiger partial charge in [-0.25, -0.2) is 0 Å². The molecule has 0 saturated carbocycles.